The van der Waals surface area contributed by atoms with Crippen LogP contribution in [0.2, 0.25) is 0 Å². The molecular weight excluding hydrogens is 422 g/mol. The first-order chi connectivity index (χ1) is 10.4. The van der Waals surface area contributed by atoms with Gasteiger partial charge in [0.05, 0.1) is 6.54 Å². The van der Waals surface area contributed by atoms with Gasteiger partial charge in [0.2, 0.25) is 0 Å². The molecule has 0 aromatic carbocycles. The van der Waals surface area contributed by atoms with Crippen molar-refractivity contribution in [3.05, 3.63) is 0 Å². The number of alkyl halides is 3. The molecule has 2 N–H and O–H groups in total. The molecular formula is C14H29F3IN5. The molecule has 1 unspecified atom stereocenters. The van der Waals surface area contributed by atoms with Crippen LogP contribution in [-0.2, 0) is 0 Å². The predicted octanol–water partition coefficient (Wildman–Crippen LogP) is 1.75. The molecule has 138 valence electrons. The molecule has 0 amide bonds. The number of hydrogen-bond acceptors (Lipinski definition) is 3. The molecule has 1 atom stereocenters. The number of nitrogens with zero attached hydrogens (tertiary/aromatic N) is 3. The van der Waals surface area contributed by atoms with E-state index in [4.69, 9.17) is 0 Å². The van der Waals surface area contributed by atoms with Crippen LogP contribution < -0.4 is 10.6 Å². The fraction of sp³-hybridized carbons (Fsp3) is 0.929. The Labute approximate surface area is 154 Å². The lowest BCUT2D eigenvalue weighted by Crippen LogP contribution is -2.47. The molecule has 9 heteroatoms. The number of halogens is 4. The van der Waals surface area contributed by atoms with Crippen LogP contribution in [0.3, 0.4) is 0 Å². The van der Waals surface area contributed by atoms with Crippen LogP contribution in [-0.4, -0.2) is 80.8 Å². The highest BCUT2D eigenvalue weighted by Crippen LogP contribution is 2.19. The fourth-order valence-corrected chi connectivity index (χ4v) is 2.61. The van der Waals surface area contributed by atoms with Gasteiger partial charge in [-0.05, 0) is 19.5 Å². The SMILES string of the molecule is CCN(CC)CCNC(=NC)NC1CCN(CC(F)(F)F)C1.I. The van der Waals surface area contributed by atoms with Crippen molar-refractivity contribution in [3.63, 3.8) is 0 Å². The maximum atomic E-state index is 12.4. The summed E-state index contributed by atoms with van der Waals surface area (Å²) in [5, 5.41) is 6.42. The van der Waals surface area contributed by atoms with Crippen molar-refractivity contribution in [2.24, 2.45) is 4.99 Å². The van der Waals surface area contributed by atoms with E-state index in [0.29, 0.717) is 25.5 Å². The molecule has 1 fully saturated rings. The Morgan fingerprint density at radius 3 is 2.48 bits per heavy atom. The number of nitrogens with one attached hydrogen (secondary N) is 2. The Bertz CT molecular complexity index is 348. The van der Waals surface area contributed by atoms with Crippen LogP contribution in [0.15, 0.2) is 4.99 Å². The summed E-state index contributed by atoms with van der Waals surface area (Å²) >= 11 is 0. The maximum Gasteiger partial charge on any atom is 0.401 e. The predicted molar refractivity (Wildman–Crippen MR) is 98.6 cm³/mol. The lowest BCUT2D eigenvalue weighted by Gasteiger charge is -2.21. The monoisotopic (exact) mass is 451 g/mol. The van der Waals surface area contributed by atoms with Gasteiger partial charge in [-0.3, -0.25) is 9.89 Å². The standard InChI is InChI=1S/C14H28F3N5.HI/c1-4-21(5-2)9-7-19-13(18-3)20-12-6-8-22(10-12)11-14(15,16)17;/h12H,4-11H2,1-3H3,(H2,18,19,20);1H. The Morgan fingerprint density at radius 1 is 1.30 bits per heavy atom. The minimum Gasteiger partial charge on any atom is -0.355 e. The third-order valence-electron chi connectivity index (χ3n) is 3.85. The Hall–Kier alpha value is -0.290. The molecule has 1 rings (SSSR count). The smallest absolute Gasteiger partial charge is 0.355 e. The second kappa shape index (κ2) is 11.3. The fourth-order valence-electron chi connectivity index (χ4n) is 2.61. The van der Waals surface area contributed by atoms with Gasteiger partial charge in [0, 0.05) is 39.3 Å². The number of hydrogen-bond donors (Lipinski definition) is 2. The van der Waals surface area contributed by atoms with E-state index >= 15 is 0 Å². The van der Waals surface area contributed by atoms with Crippen LogP contribution >= 0.6 is 24.0 Å². The van der Waals surface area contributed by atoms with E-state index in [-0.39, 0.29) is 30.0 Å². The molecule has 23 heavy (non-hydrogen) atoms. The average molecular weight is 451 g/mol. The van der Waals surface area contributed by atoms with E-state index in [1.165, 1.54) is 4.90 Å². The number of guanidine groups is 1. The van der Waals surface area contributed by atoms with E-state index in [9.17, 15) is 13.2 Å². The first-order valence-electron chi connectivity index (χ1n) is 7.86. The Morgan fingerprint density at radius 2 is 1.96 bits per heavy atom. The van der Waals surface area contributed by atoms with Crippen LogP contribution in [0.5, 0.6) is 0 Å². The van der Waals surface area contributed by atoms with Crippen molar-refractivity contribution in [3.8, 4) is 0 Å². The molecule has 0 saturated carbocycles. The van der Waals surface area contributed by atoms with Gasteiger partial charge in [0.25, 0.3) is 0 Å². The topological polar surface area (TPSA) is 42.9 Å². The highest BCUT2D eigenvalue weighted by Gasteiger charge is 2.34. The van der Waals surface area contributed by atoms with E-state index < -0.39 is 12.7 Å². The minimum atomic E-state index is -4.13. The summed E-state index contributed by atoms with van der Waals surface area (Å²) in [5.74, 6) is 0.658. The molecule has 1 aliphatic rings. The van der Waals surface area contributed by atoms with Crippen molar-refractivity contribution in [1.29, 1.82) is 0 Å². The van der Waals surface area contributed by atoms with Crippen LogP contribution in [0.1, 0.15) is 20.3 Å². The van der Waals surface area contributed by atoms with Gasteiger partial charge in [-0.15, -0.1) is 24.0 Å². The van der Waals surface area contributed by atoms with Gasteiger partial charge < -0.3 is 15.5 Å². The molecule has 0 aliphatic carbocycles. The second-order valence-electron chi connectivity index (χ2n) is 5.51. The summed E-state index contributed by atoms with van der Waals surface area (Å²) in [4.78, 5) is 7.86. The second-order valence-corrected chi connectivity index (χ2v) is 5.51. The van der Waals surface area contributed by atoms with E-state index in [2.05, 4.69) is 34.4 Å². The summed E-state index contributed by atoms with van der Waals surface area (Å²) < 4.78 is 37.1. The van der Waals surface area contributed by atoms with E-state index in [0.717, 1.165) is 26.2 Å². The number of aliphatic imine (C=N–C) groups is 1. The van der Waals surface area contributed by atoms with Crippen LogP contribution in [0.25, 0.3) is 0 Å². The van der Waals surface area contributed by atoms with Crippen molar-refractivity contribution >= 4 is 29.9 Å². The molecule has 5 nitrogen and oxygen atoms in total. The van der Waals surface area contributed by atoms with Crippen molar-refractivity contribution in [1.82, 2.24) is 20.4 Å². The van der Waals surface area contributed by atoms with Gasteiger partial charge in [0.15, 0.2) is 5.96 Å². The Kier molecular flexibility index (Phi) is 11.2. The molecule has 0 radical (unpaired) electrons. The van der Waals surface area contributed by atoms with Crippen molar-refractivity contribution < 1.29 is 13.2 Å². The number of likely N-dealkylation sites (tertiary alicyclic amines) is 1. The lowest BCUT2D eigenvalue weighted by molar-refractivity contribution is -0.143. The molecule has 1 heterocycles. The molecule has 1 aliphatic heterocycles. The molecule has 1 saturated heterocycles. The first kappa shape index (κ1) is 22.7. The summed E-state index contributed by atoms with van der Waals surface area (Å²) in [6.45, 7) is 7.94. The van der Waals surface area contributed by atoms with Crippen molar-refractivity contribution in [2.75, 3.05) is 52.9 Å². The van der Waals surface area contributed by atoms with E-state index in [1.807, 2.05) is 0 Å². The average Bonchev–Trinajstić information content (AvgIpc) is 2.87. The molecule has 0 spiro atoms. The van der Waals surface area contributed by atoms with Gasteiger partial charge in [-0.25, -0.2) is 0 Å². The summed E-state index contributed by atoms with van der Waals surface area (Å²) in [6, 6.07) is 0.0157. The van der Waals surface area contributed by atoms with Gasteiger partial charge in [0.1, 0.15) is 0 Å². The zero-order chi connectivity index (χ0) is 16.6. The highest BCUT2D eigenvalue weighted by molar-refractivity contribution is 14.0. The zero-order valence-electron chi connectivity index (χ0n) is 14.1. The molecule has 0 aromatic rings. The van der Waals surface area contributed by atoms with Gasteiger partial charge in [-0.2, -0.15) is 13.2 Å². The number of likely N-dealkylation sites (N-methyl/N-ethyl adjacent to an activating group) is 1. The number of rotatable bonds is 7. The third kappa shape index (κ3) is 9.55. The zero-order valence-corrected chi connectivity index (χ0v) is 16.4. The molecule has 0 aromatic heterocycles. The molecule has 0 bridgehead atoms. The lowest BCUT2D eigenvalue weighted by atomic mass is 10.3. The van der Waals surface area contributed by atoms with Crippen LogP contribution in [0.4, 0.5) is 13.2 Å². The largest absolute Gasteiger partial charge is 0.401 e. The highest BCUT2D eigenvalue weighted by atomic mass is 127. The summed E-state index contributed by atoms with van der Waals surface area (Å²) in [7, 11) is 1.68. The summed E-state index contributed by atoms with van der Waals surface area (Å²) in [6.07, 6.45) is -3.43. The van der Waals surface area contributed by atoms with Gasteiger partial charge in [-0.1, -0.05) is 13.8 Å². The normalized spacial score (nSPS) is 19.8. The summed E-state index contributed by atoms with van der Waals surface area (Å²) in [5.41, 5.74) is 0. The minimum absolute atomic E-state index is 0. The van der Waals surface area contributed by atoms with Crippen molar-refractivity contribution in [2.45, 2.75) is 32.5 Å². The van der Waals surface area contributed by atoms with E-state index in [1.54, 1.807) is 7.05 Å². The van der Waals surface area contributed by atoms with Crippen LogP contribution in [0, 0.1) is 0 Å². The Balaban J connectivity index is 0.00000484. The van der Waals surface area contributed by atoms with Gasteiger partial charge >= 0.3 is 6.18 Å². The third-order valence-corrected chi connectivity index (χ3v) is 3.85. The first-order valence-corrected chi connectivity index (χ1v) is 7.86. The maximum absolute atomic E-state index is 12.4. The quantitative estimate of drug-likeness (QED) is 0.352.